The molecule has 0 heterocycles. The number of hydrogen-bond donors (Lipinski definition) is 2. The minimum Gasteiger partial charge on any atom is -0.489 e. The van der Waals surface area contributed by atoms with Gasteiger partial charge in [-0.15, -0.1) is 0 Å². The summed E-state index contributed by atoms with van der Waals surface area (Å²) in [6, 6.07) is 6.52. The van der Waals surface area contributed by atoms with Crippen molar-refractivity contribution in [3.05, 3.63) is 18.2 Å². The summed E-state index contributed by atoms with van der Waals surface area (Å²) in [5, 5.41) is 4.43. The van der Waals surface area contributed by atoms with Gasteiger partial charge >= 0.3 is 0 Å². The molecule has 4 heteroatoms. The van der Waals surface area contributed by atoms with Crippen LogP contribution in [0.3, 0.4) is 0 Å². The van der Waals surface area contributed by atoms with Gasteiger partial charge in [0.1, 0.15) is 5.75 Å². The molecule has 0 unspecified atom stereocenters. The highest BCUT2D eigenvalue weighted by Crippen LogP contribution is 2.33. The number of rotatable bonds is 5. The number of nitrogens with one attached hydrogen (secondary N) is 1. The van der Waals surface area contributed by atoms with Gasteiger partial charge in [0.2, 0.25) is 0 Å². The summed E-state index contributed by atoms with van der Waals surface area (Å²) in [5.41, 5.74) is 7.95. The molecule has 0 bridgehead atoms. The van der Waals surface area contributed by atoms with Gasteiger partial charge in [-0.3, -0.25) is 0 Å². The zero-order valence-electron chi connectivity index (χ0n) is 12.7. The largest absolute Gasteiger partial charge is 0.489 e. The van der Waals surface area contributed by atoms with E-state index in [1.165, 1.54) is 25.7 Å². The summed E-state index contributed by atoms with van der Waals surface area (Å²) in [4.78, 5) is 0. The monoisotopic (exact) mass is 294 g/mol. The van der Waals surface area contributed by atoms with Crippen LogP contribution in [0, 0.1) is 0 Å². The number of anilines is 2. The van der Waals surface area contributed by atoms with Crippen molar-refractivity contribution >= 4 is 23.1 Å². The van der Waals surface area contributed by atoms with Crippen molar-refractivity contribution in [3.8, 4) is 5.75 Å². The second kappa shape index (κ2) is 7.11. The minimum absolute atomic E-state index is 0.143. The third-order valence-corrected chi connectivity index (χ3v) is 4.93. The van der Waals surface area contributed by atoms with Crippen molar-refractivity contribution in [1.29, 1.82) is 0 Å². The molecule has 1 saturated carbocycles. The molecule has 1 aliphatic rings. The maximum atomic E-state index is 6.21. The number of nitrogen functional groups attached to an aromatic ring is 1. The SMILES string of the molecule is CSC1CCC(Nc2cccc(OC(C)C)c2N)CC1. The second-order valence-corrected chi connectivity index (χ2v) is 6.88. The van der Waals surface area contributed by atoms with E-state index in [2.05, 4.69) is 11.6 Å². The molecule has 20 heavy (non-hydrogen) atoms. The third-order valence-electron chi connectivity index (χ3n) is 3.80. The number of para-hydroxylation sites is 1. The molecule has 1 fully saturated rings. The molecule has 0 aromatic heterocycles. The van der Waals surface area contributed by atoms with Gasteiger partial charge in [-0.05, 0) is 57.9 Å². The van der Waals surface area contributed by atoms with E-state index in [1.807, 2.05) is 43.8 Å². The van der Waals surface area contributed by atoms with Gasteiger partial charge < -0.3 is 15.8 Å². The molecule has 1 aromatic carbocycles. The maximum Gasteiger partial charge on any atom is 0.144 e. The number of ether oxygens (including phenoxy) is 1. The molecule has 3 N–H and O–H groups in total. The average molecular weight is 294 g/mol. The van der Waals surface area contributed by atoms with Crippen molar-refractivity contribution in [3.63, 3.8) is 0 Å². The molecular weight excluding hydrogens is 268 g/mol. The minimum atomic E-state index is 0.143. The topological polar surface area (TPSA) is 47.3 Å². The van der Waals surface area contributed by atoms with Gasteiger partial charge in [-0.1, -0.05) is 6.07 Å². The van der Waals surface area contributed by atoms with Crippen LogP contribution in [0.2, 0.25) is 0 Å². The van der Waals surface area contributed by atoms with E-state index in [0.29, 0.717) is 6.04 Å². The van der Waals surface area contributed by atoms with Crippen molar-refractivity contribution in [1.82, 2.24) is 0 Å². The summed E-state index contributed by atoms with van der Waals surface area (Å²) < 4.78 is 5.74. The van der Waals surface area contributed by atoms with Crippen molar-refractivity contribution < 1.29 is 4.74 Å². The van der Waals surface area contributed by atoms with Crippen LogP contribution in [0.1, 0.15) is 39.5 Å². The van der Waals surface area contributed by atoms with E-state index in [9.17, 15) is 0 Å². The number of benzene rings is 1. The predicted octanol–water partition coefficient (Wildman–Crippen LogP) is 4.14. The molecule has 0 radical (unpaired) electrons. The normalized spacial score (nSPS) is 22.8. The van der Waals surface area contributed by atoms with E-state index in [-0.39, 0.29) is 6.10 Å². The molecule has 1 aromatic rings. The lowest BCUT2D eigenvalue weighted by Crippen LogP contribution is -2.27. The van der Waals surface area contributed by atoms with Crippen molar-refractivity contribution in [2.24, 2.45) is 0 Å². The van der Waals surface area contributed by atoms with Gasteiger partial charge in [0.25, 0.3) is 0 Å². The van der Waals surface area contributed by atoms with Gasteiger partial charge in [-0.2, -0.15) is 11.8 Å². The van der Waals surface area contributed by atoms with Gasteiger partial charge in [0.05, 0.1) is 17.5 Å². The van der Waals surface area contributed by atoms with Crippen LogP contribution >= 0.6 is 11.8 Å². The van der Waals surface area contributed by atoms with Crippen LogP contribution in [0.5, 0.6) is 5.75 Å². The molecule has 1 aliphatic carbocycles. The van der Waals surface area contributed by atoms with Gasteiger partial charge in [0.15, 0.2) is 0 Å². The Morgan fingerprint density at radius 1 is 1.25 bits per heavy atom. The zero-order valence-corrected chi connectivity index (χ0v) is 13.5. The summed E-state index contributed by atoms with van der Waals surface area (Å²) in [5.74, 6) is 0.780. The fourth-order valence-electron chi connectivity index (χ4n) is 2.69. The average Bonchev–Trinajstić information content (AvgIpc) is 2.43. The molecule has 0 atom stereocenters. The third kappa shape index (κ3) is 3.98. The van der Waals surface area contributed by atoms with Crippen LogP contribution in [-0.2, 0) is 0 Å². The summed E-state index contributed by atoms with van der Waals surface area (Å²) in [7, 11) is 0. The maximum absolute atomic E-state index is 6.21. The first-order valence-corrected chi connectivity index (χ1v) is 8.73. The number of nitrogens with two attached hydrogens (primary N) is 1. The standard InChI is InChI=1S/C16H26N2OS/c1-11(2)19-15-6-4-5-14(16(15)17)18-12-7-9-13(20-3)10-8-12/h4-6,11-13,18H,7-10,17H2,1-3H3. The fraction of sp³-hybridized carbons (Fsp3) is 0.625. The fourth-order valence-corrected chi connectivity index (χ4v) is 3.43. The van der Waals surface area contributed by atoms with Crippen LogP contribution in [0.25, 0.3) is 0 Å². The van der Waals surface area contributed by atoms with Crippen molar-refractivity contribution in [2.45, 2.75) is 56.9 Å². The Kier molecular flexibility index (Phi) is 5.46. The van der Waals surface area contributed by atoms with Gasteiger partial charge in [0, 0.05) is 11.3 Å². The molecule has 2 rings (SSSR count). The quantitative estimate of drug-likeness (QED) is 0.801. The highest BCUT2D eigenvalue weighted by Gasteiger charge is 2.21. The first kappa shape index (κ1) is 15.4. The summed E-state index contributed by atoms with van der Waals surface area (Å²) >= 11 is 1.99. The lowest BCUT2D eigenvalue weighted by molar-refractivity contribution is 0.244. The van der Waals surface area contributed by atoms with E-state index < -0.39 is 0 Å². The van der Waals surface area contributed by atoms with E-state index >= 15 is 0 Å². The molecule has 0 spiro atoms. The number of hydrogen-bond acceptors (Lipinski definition) is 4. The lowest BCUT2D eigenvalue weighted by atomic mass is 9.94. The van der Waals surface area contributed by atoms with Crippen molar-refractivity contribution in [2.75, 3.05) is 17.3 Å². The molecular formula is C16H26N2OS. The Bertz CT molecular complexity index is 428. The molecule has 0 amide bonds. The smallest absolute Gasteiger partial charge is 0.144 e. The van der Waals surface area contributed by atoms with Crippen LogP contribution in [0.15, 0.2) is 18.2 Å². The first-order chi connectivity index (χ1) is 9.60. The zero-order chi connectivity index (χ0) is 14.5. The van der Waals surface area contributed by atoms with Crippen LogP contribution < -0.4 is 15.8 Å². The predicted molar refractivity (Wildman–Crippen MR) is 89.8 cm³/mol. The molecule has 0 saturated heterocycles. The number of thioether (sulfide) groups is 1. The Labute approximate surface area is 126 Å². The Morgan fingerprint density at radius 2 is 1.95 bits per heavy atom. The Balaban J connectivity index is 1.99. The second-order valence-electron chi connectivity index (χ2n) is 5.74. The Hall–Kier alpha value is -1.03. The van der Waals surface area contributed by atoms with E-state index in [1.54, 1.807) is 0 Å². The van der Waals surface area contributed by atoms with E-state index in [4.69, 9.17) is 10.5 Å². The van der Waals surface area contributed by atoms with Crippen LogP contribution in [0.4, 0.5) is 11.4 Å². The molecule has 3 nitrogen and oxygen atoms in total. The molecule has 112 valence electrons. The first-order valence-electron chi connectivity index (χ1n) is 7.44. The molecule has 0 aliphatic heterocycles. The lowest BCUT2D eigenvalue weighted by Gasteiger charge is -2.29. The highest BCUT2D eigenvalue weighted by molar-refractivity contribution is 7.99. The Morgan fingerprint density at radius 3 is 2.55 bits per heavy atom. The van der Waals surface area contributed by atoms with E-state index in [0.717, 1.165) is 22.4 Å². The summed E-state index contributed by atoms with van der Waals surface area (Å²) in [6.45, 7) is 4.03. The summed E-state index contributed by atoms with van der Waals surface area (Å²) in [6.07, 6.45) is 7.38. The van der Waals surface area contributed by atoms with Gasteiger partial charge in [-0.25, -0.2) is 0 Å². The van der Waals surface area contributed by atoms with Crippen LogP contribution in [-0.4, -0.2) is 23.7 Å². The highest BCUT2D eigenvalue weighted by atomic mass is 32.2.